The lowest BCUT2D eigenvalue weighted by Gasteiger charge is -2.24. The minimum atomic E-state index is -4.24. The van der Waals surface area contributed by atoms with E-state index in [9.17, 15) is 28.1 Å². The number of halogens is 1. The summed E-state index contributed by atoms with van der Waals surface area (Å²) < 4.78 is 33.0. The van der Waals surface area contributed by atoms with Crippen molar-refractivity contribution in [3.05, 3.63) is 87.4 Å². The molecule has 0 aliphatic carbocycles. The number of nitrogens with one attached hydrogen (secondary N) is 2. The second kappa shape index (κ2) is 12.2. The van der Waals surface area contributed by atoms with Gasteiger partial charge in [-0.15, -0.1) is 0 Å². The van der Waals surface area contributed by atoms with Crippen LogP contribution in [0.4, 0.5) is 17.1 Å². The fourth-order valence-corrected chi connectivity index (χ4v) is 4.77. The fourth-order valence-electron chi connectivity index (χ4n) is 3.19. The lowest BCUT2D eigenvalue weighted by molar-refractivity contribution is -0.384. The zero-order valence-corrected chi connectivity index (χ0v) is 21.7. The van der Waals surface area contributed by atoms with E-state index in [-0.39, 0.29) is 32.8 Å². The molecule has 2 amide bonds. The van der Waals surface area contributed by atoms with Crippen LogP contribution in [0.2, 0.25) is 5.02 Å². The molecule has 0 saturated heterocycles. The minimum Gasteiger partial charge on any atom is -0.497 e. The van der Waals surface area contributed by atoms with Crippen LogP contribution in [0, 0.1) is 10.1 Å². The third kappa shape index (κ3) is 7.05. The van der Waals surface area contributed by atoms with Crippen molar-refractivity contribution >= 4 is 56.7 Å². The molecular formula is C24H22ClN5O7S. The number of methoxy groups -OCH3 is 1. The first kappa shape index (κ1) is 28.1. The number of non-ortho nitro benzene ring substituents is 1. The summed E-state index contributed by atoms with van der Waals surface area (Å²) in [6, 6.07) is 15.2. The highest BCUT2D eigenvalue weighted by molar-refractivity contribution is 7.92. The maximum Gasteiger partial charge on any atom is 0.270 e. The van der Waals surface area contributed by atoms with Gasteiger partial charge in [0.05, 0.1) is 28.8 Å². The Morgan fingerprint density at radius 3 is 2.34 bits per heavy atom. The van der Waals surface area contributed by atoms with Gasteiger partial charge < -0.3 is 10.1 Å². The van der Waals surface area contributed by atoms with Gasteiger partial charge in [-0.2, -0.15) is 5.10 Å². The van der Waals surface area contributed by atoms with E-state index in [1.54, 1.807) is 0 Å². The first-order chi connectivity index (χ1) is 18.0. The van der Waals surface area contributed by atoms with E-state index in [0.717, 1.165) is 10.5 Å². The maximum absolute atomic E-state index is 13.5. The lowest BCUT2D eigenvalue weighted by Crippen LogP contribution is -2.39. The molecule has 0 bridgehead atoms. The molecule has 0 aliphatic heterocycles. The molecule has 3 aromatic rings. The lowest BCUT2D eigenvalue weighted by atomic mass is 10.2. The van der Waals surface area contributed by atoms with E-state index in [1.807, 2.05) is 0 Å². The van der Waals surface area contributed by atoms with E-state index in [4.69, 9.17) is 16.3 Å². The van der Waals surface area contributed by atoms with Gasteiger partial charge in [0.1, 0.15) is 12.3 Å². The number of hydrazone groups is 1. The van der Waals surface area contributed by atoms with E-state index in [0.29, 0.717) is 11.4 Å². The summed E-state index contributed by atoms with van der Waals surface area (Å²) in [5, 5.41) is 17.5. The summed E-state index contributed by atoms with van der Waals surface area (Å²) in [5.41, 5.74) is 2.75. The van der Waals surface area contributed by atoms with Crippen LogP contribution < -0.4 is 19.8 Å². The van der Waals surface area contributed by atoms with E-state index < -0.39 is 27.4 Å². The van der Waals surface area contributed by atoms with Gasteiger partial charge in [-0.05, 0) is 54.6 Å². The highest BCUT2D eigenvalue weighted by atomic mass is 35.5. The van der Waals surface area contributed by atoms with Crippen molar-refractivity contribution in [1.82, 2.24) is 5.43 Å². The first-order valence-corrected chi connectivity index (χ1v) is 12.6. The number of ether oxygens (including phenoxy) is 1. The summed E-state index contributed by atoms with van der Waals surface area (Å²) in [6.45, 7) is 0.673. The van der Waals surface area contributed by atoms with Crippen LogP contribution in [0.15, 0.2) is 76.7 Å². The molecule has 3 aromatic carbocycles. The topological polar surface area (TPSA) is 160 Å². The fraction of sp³-hybridized carbons (Fsp3) is 0.125. The number of nitrogens with zero attached hydrogens (tertiary/aromatic N) is 3. The van der Waals surface area contributed by atoms with Gasteiger partial charge in [0.2, 0.25) is 5.91 Å². The first-order valence-electron chi connectivity index (χ1n) is 10.8. The number of nitro benzene ring substituents is 1. The molecule has 14 heteroatoms. The summed E-state index contributed by atoms with van der Waals surface area (Å²) in [7, 11) is -2.78. The van der Waals surface area contributed by atoms with Gasteiger partial charge in [-0.1, -0.05) is 11.6 Å². The molecular weight excluding hydrogens is 538 g/mol. The number of hydrogen-bond acceptors (Lipinski definition) is 8. The van der Waals surface area contributed by atoms with Crippen LogP contribution in [0.5, 0.6) is 5.75 Å². The van der Waals surface area contributed by atoms with Crippen LogP contribution in [-0.2, 0) is 19.6 Å². The van der Waals surface area contributed by atoms with Crippen molar-refractivity contribution in [3.8, 4) is 5.75 Å². The predicted molar refractivity (Wildman–Crippen MR) is 142 cm³/mol. The Labute approximate surface area is 223 Å². The minimum absolute atomic E-state index is 0.123. The maximum atomic E-state index is 13.5. The number of sulfonamides is 1. The van der Waals surface area contributed by atoms with E-state index in [1.165, 1.54) is 80.8 Å². The summed E-state index contributed by atoms with van der Waals surface area (Å²) in [5.74, 6) is -0.630. The Morgan fingerprint density at radius 1 is 1.11 bits per heavy atom. The Balaban J connectivity index is 1.86. The normalized spacial score (nSPS) is 11.1. The van der Waals surface area contributed by atoms with Crippen LogP contribution in [0.1, 0.15) is 12.5 Å². The molecule has 0 spiro atoms. The molecule has 0 atom stereocenters. The number of rotatable bonds is 10. The van der Waals surface area contributed by atoms with Crippen molar-refractivity contribution < 1.29 is 27.7 Å². The molecule has 0 aliphatic rings. The van der Waals surface area contributed by atoms with Gasteiger partial charge in [-0.25, -0.2) is 13.8 Å². The molecule has 12 nitrogen and oxygen atoms in total. The SMILES string of the molecule is COc1ccc(N(CC(=O)N/N=C\c2cc([N+](=O)[O-])ccc2Cl)S(=O)(=O)c2ccc(NC(C)=O)cc2)cc1. The molecule has 198 valence electrons. The van der Waals surface area contributed by atoms with Crippen molar-refractivity contribution in [2.24, 2.45) is 5.10 Å². The molecule has 2 N–H and O–H groups in total. The van der Waals surface area contributed by atoms with Crippen molar-refractivity contribution in [2.75, 3.05) is 23.3 Å². The summed E-state index contributed by atoms with van der Waals surface area (Å²) in [4.78, 5) is 34.2. The van der Waals surface area contributed by atoms with Crippen molar-refractivity contribution in [1.29, 1.82) is 0 Å². The standard InChI is InChI=1S/C24H22ClN5O7S/c1-16(31)27-18-3-10-22(11-4-18)38(35,36)29(19-5-8-21(37-2)9-6-19)15-24(32)28-26-14-17-13-20(30(33)34)7-12-23(17)25/h3-14H,15H2,1-2H3,(H,27,31)(H,28,32)/b26-14-. The Morgan fingerprint density at radius 2 is 1.76 bits per heavy atom. The van der Waals surface area contributed by atoms with Gasteiger partial charge in [0.25, 0.3) is 21.6 Å². The number of benzene rings is 3. The van der Waals surface area contributed by atoms with Gasteiger partial charge in [0, 0.05) is 35.3 Å². The van der Waals surface area contributed by atoms with Crippen LogP contribution in [0.25, 0.3) is 0 Å². The number of carbonyl (C=O) groups excluding carboxylic acids is 2. The number of nitro groups is 1. The number of anilines is 2. The summed E-state index contributed by atoms with van der Waals surface area (Å²) in [6.07, 6.45) is 1.11. The molecule has 3 rings (SSSR count). The highest BCUT2D eigenvalue weighted by Crippen LogP contribution is 2.26. The number of amides is 2. The second-order valence-corrected chi connectivity index (χ2v) is 9.94. The zero-order valence-electron chi connectivity index (χ0n) is 20.1. The molecule has 0 unspecified atom stereocenters. The second-order valence-electron chi connectivity index (χ2n) is 7.67. The Kier molecular flexibility index (Phi) is 8.99. The van der Waals surface area contributed by atoms with Crippen LogP contribution in [-0.4, -0.2) is 45.0 Å². The van der Waals surface area contributed by atoms with Gasteiger partial charge in [0.15, 0.2) is 0 Å². The smallest absolute Gasteiger partial charge is 0.270 e. The summed E-state index contributed by atoms with van der Waals surface area (Å²) >= 11 is 6.02. The Hall–Kier alpha value is -4.49. The van der Waals surface area contributed by atoms with Crippen molar-refractivity contribution in [2.45, 2.75) is 11.8 Å². The molecule has 0 radical (unpaired) electrons. The average Bonchev–Trinajstić information content (AvgIpc) is 2.88. The molecule has 0 aromatic heterocycles. The van der Waals surface area contributed by atoms with E-state index >= 15 is 0 Å². The average molecular weight is 560 g/mol. The predicted octanol–water partition coefficient (Wildman–Crippen LogP) is 3.56. The Bertz CT molecular complexity index is 1480. The van der Waals surface area contributed by atoms with Crippen molar-refractivity contribution in [3.63, 3.8) is 0 Å². The van der Waals surface area contributed by atoms with Crippen LogP contribution in [0.3, 0.4) is 0 Å². The third-order valence-corrected chi connectivity index (χ3v) is 7.13. The quantitative estimate of drug-likeness (QED) is 0.218. The molecule has 38 heavy (non-hydrogen) atoms. The number of carbonyl (C=O) groups is 2. The molecule has 0 saturated carbocycles. The van der Waals surface area contributed by atoms with E-state index in [2.05, 4.69) is 15.8 Å². The van der Waals surface area contributed by atoms with Crippen LogP contribution >= 0.6 is 11.6 Å². The monoisotopic (exact) mass is 559 g/mol. The number of hydrogen-bond donors (Lipinski definition) is 2. The zero-order chi connectivity index (χ0) is 27.9. The highest BCUT2D eigenvalue weighted by Gasteiger charge is 2.27. The molecule has 0 heterocycles. The van der Waals surface area contributed by atoms with Gasteiger partial charge >= 0.3 is 0 Å². The third-order valence-electron chi connectivity index (χ3n) is 4.99. The molecule has 0 fully saturated rings. The largest absolute Gasteiger partial charge is 0.497 e. The van der Waals surface area contributed by atoms with Gasteiger partial charge in [-0.3, -0.25) is 24.0 Å².